The summed E-state index contributed by atoms with van der Waals surface area (Å²) < 4.78 is 0. The van der Waals surface area contributed by atoms with Gasteiger partial charge in [0.15, 0.2) is 0 Å². The molecule has 3 heterocycles. The normalized spacial score (nSPS) is 23.9. The van der Waals surface area contributed by atoms with Crippen molar-refractivity contribution >= 4 is 11.0 Å². The van der Waals surface area contributed by atoms with Crippen LogP contribution >= 0.6 is 0 Å². The molecule has 5 heteroatoms. The van der Waals surface area contributed by atoms with Crippen molar-refractivity contribution in [1.29, 1.82) is 0 Å². The lowest BCUT2D eigenvalue weighted by atomic mass is 9.99. The zero-order valence-corrected chi connectivity index (χ0v) is 13.1. The summed E-state index contributed by atoms with van der Waals surface area (Å²) in [7, 11) is 0. The number of hydrogen-bond donors (Lipinski definition) is 3. The number of imidazole rings is 1. The molecule has 5 nitrogen and oxygen atoms in total. The number of nitrogens with zero attached hydrogens (tertiary/aromatic N) is 2. The molecule has 0 bridgehead atoms. The lowest BCUT2D eigenvalue weighted by Gasteiger charge is -2.27. The lowest BCUT2D eigenvalue weighted by Crippen LogP contribution is -2.42. The van der Waals surface area contributed by atoms with Crippen LogP contribution in [0.5, 0.6) is 0 Å². The first-order chi connectivity index (χ1) is 10.9. The van der Waals surface area contributed by atoms with Crippen molar-refractivity contribution in [3.8, 4) is 0 Å². The van der Waals surface area contributed by atoms with Crippen LogP contribution in [0.3, 0.4) is 0 Å². The molecule has 0 saturated carbocycles. The smallest absolute Gasteiger partial charge is 0.111 e. The highest BCUT2D eigenvalue weighted by Crippen LogP contribution is 2.24. The number of fused-ring (bicyclic) bond motifs is 1. The first-order valence-corrected chi connectivity index (χ1v) is 8.51. The van der Waals surface area contributed by atoms with Gasteiger partial charge in [-0.15, -0.1) is 0 Å². The maximum Gasteiger partial charge on any atom is 0.111 e. The van der Waals surface area contributed by atoms with Crippen LogP contribution in [0.15, 0.2) is 18.2 Å². The Morgan fingerprint density at radius 2 is 2.05 bits per heavy atom. The molecular formula is C17H25N5. The summed E-state index contributed by atoms with van der Waals surface area (Å²) in [5.41, 5.74) is 3.67. The van der Waals surface area contributed by atoms with Crippen LogP contribution in [0.1, 0.15) is 30.1 Å². The molecule has 2 fully saturated rings. The highest BCUT2D eigenvalue weighted by molar-refractivity contribution is 5.76. The molecule has 4 rings (SSSR count). The van der Waals surface area contributed by atoms with Crippen molar-refractivity contribution in [1.82, 2.24) is 25.5 Å². The largest absolute Gasteiger partial charge is 0.342 e. The van der Waals surface area contributed by atoms with Gasteiger partial charge in [0, 0.05) is 45.2 Å². The molecule has 1 atom stereocenters. The van der Waals surface area contributed by atoms with Gasteiger partial charge in [0.1, 0.15) is 5.82 Å². The van der Waals surface area contributed by atoms with Crippen molar-refractivity contribution in [3.05, 3.63) is 29.6 Å². The second-order valence-electron chi connectivity index (χ2n) is 6.54. The van der Waals surface area contributed by atoms with E-state index in [9.17, 15) is 0 Å². The summed E-state index contributed by atoms with van der Waals surface area (Å²) in [6.07, 6.45) is 2.48. The SMILES string of the molecule is c1cc2nc(C3CCCNC3)[nH]c2cc1CN1CCNCC1. The second kappa shape index (κ2) is 6.36. The maximum absolute atomic E-state index is 4.81. The van der Waals surface area contributed by atoms with Gasteiger partial charge in [0.05, 0.1) is 11.0 Å². The molecule has 118 valence electrons. The Morgan fingerprint density at radius 1 is 1.14 bits per heavy atom. The summed E-state index contributed by atoms with van der Waals surface area (Å²) >= 11 is 0. The molecule has 1 aromatic heterocycles. The zero-order valence-electron chi connectivity index (χ0n) is 13.1. The quantitative estimate of drug-likeness (QED) is 0.803. The molecule has 22 heavy (non-hydrogen) atoms. The molecule has 1 unspecified atom stereocenters. The monoisotopic (exact) mass is 299 g/mol. The number of benzene rings is 1. The van der Waals surface area contributed by atoms with Gasteiger partial charge in [-0.1, -0.05) is 6.07 Å². The van der Waals surface area contributed by atoms with Gasteiger partial charge >= 0.3 is 0 Å². The van der Waals surface area contributed by atoms with E-state index in [0.717, 1.165) is 57.2 Å². The molecule has 2 aliphatic rings. The first kappa shape index (κ1) is 14.2. The molecule has 0 radical (unpaired) electrons. The van der Waals surface area contributed by atoms with E-state index in [1.54, 1.807) is 0 Å². The molecule has 3 N–H and O–H groups in total. The third-order valence-electron chi connectivity index (χ3n) is 4.86. The van der Waals surface area contributed by atoms with Crippen molar-refractivity contribution in [2.24, 2.45) is 0 Å². The number of aromatic nitrogens is 2. The maximum atomic E-state index is 4.81. The molecule has 0 spiro atoms. The fourth-order valence-electron chi connectivity index (χ4n) is 3.58. The number of piperazine rings is 1. The van der Waals surface area contributed by atoms with Crippen LogP contribution in [0, 0.1) is 0 Å². The zero-order chi connectivity index (χ0) is 14.8. The Kier molecular flexibility index (Phi) is 4.10. The third kappa shape index (κ3) is 3.02. The number of rotatable bonds is 3. The van der Waals surface area contributed by atoms with E-state index in [1.165, 1.54) is 23.9 Å². The number of hydrogen-bond acceptors (Lipinski definition) is 4. The molecule has 2 aliphatic heterocycles. The van der Waals surface area contributed by atoms with E-state index in [0.29, 0.717) is 5.92 Å². The average Bonchev–Trinajstić information content (AvgIpc) is 3.00. The molecule has 2 aromatic rings. The van der Waals surface area contributed by atoms with Crippen molar-refractivity contribution in [3.63, 3.8) is 0 Å². The van der Waals surface area contributed by atoms with E-state index in [1.807, 2.05) is 0 Å². The van der Waals surface area contributed by atoms with Gasteiger partial charge in [-0.2, -0.15) is 0 Å². The Bertz CT molecular complexity index is 623. The Hall–Kier alpha value is -1.43. The Labute approximate surface area is 131 Å². The van der Waals surface area contributed by atoms with Crippen molar-refractivity contribution in [2.75, 3.05) is 39.3 Å². The van der Waals surface area contributed by atoms with Gasteiger partial charge in [-0.25, -0.2) is 4.98 Å². The predicted octanol–water partition coefficient (Wildman–Crippen LogP) is 1.44. The Morgan fingerprint density at radius 3 is 2.86 bits per heavy atom. The minimum Gasteiger partial charge on any atom is -0.342 e. The predicted molar refractivity (Wildman–Crippen MR) is 89.1 cm³/mol. The van der Waals surface area contributed by atoms with Crippen LogP contribution in [0.25, 0.3) is 11.0 Å². The van der Waals surface area contributed by atoms with Gasteiger partial charge in [0.25, 0.3) is 0 Å². The summed E-state index contributed by atoms with van der Waals surface area (Å²) in [5, 5.41) is 6.88. The standard InChI is InChI=1S/C17H25N5/c1-2-14(11-19-5-1)17-20-15-4-3-13(10-16(15)21-17)12-22-8-6-18-7-9-22/h3-4,10,14,18-19H,1-2,5-9,11-12H2,(H,20,21). The van der Waals surface area contributed by atoms with Crippen LogP contribution in [0.4, 0.5) is 0 Å². The molecule has 0 aliphatic carbocycles. The lowest BCUT2D eigenvalue weighted by molar-refractivity contribution is 0.233. The molecule has 1 aromatic carbocycles. The third-order valence-corrected chi connectivity index (χ3v) is 4.86. The number of aromatic amines is 1. The number of H-pyrrole nitrogens is 1. The van der Waals surface area contributed by atoms with E-state index >= 15 is 0 Å². The summed E-state index contributed by atoms with van der Waals surface area (Å²) in [4.78, 5) is 10.9. The highest BCUT2D eigenvalue weighted by atomic mass is 15.2. The summed E-state index contributed by atoms with van der Waals surface area (Å²) in [6.45, 7) is 7.71. The fraction of sp³-hybridized carbons (Fsp3) is 0.588. The van der Waals surface area contributed by atoms with Crippen LogP contribution < -0.4 is 10.6 Å². The van der Waals surface area contributed by atoms with E-state index in [2.05, 4.69) is 38.7 Å². The summed E-state index contributed by atoms with van der Waals surface area (Å²) in [6, 6.07) is 6.68. The fourth-order valence-corrected chi connectivity index (χ4v) is 3.58. The second-order valence-corrected chi connectivity index (χ2v) is 6.54. The van der Waals surface area contributed by atoms with Gasteiger partial charge in [-0.05, 0) is 37.1 Å². The Balaban J connectivity index is 1.52. The van der Waals surface area contributed by atoms with Gasteiger partial charge in [0.2, 0.25) is 0 Å². The minimum absolute atomic E-state index is 0.540. The van der Waals surface area contributed by atoms with E-state index < -0.39 is 0 Å². The first-order valence-electron chi connectivity index (χ1n) is 8.51. The molecule has 0 amide bonds. The van der Waals surface area contributed by atoms with Crippen molar-refractivity contribution < 1.29 is 0 Å². The van der Waals surface area contributed by atoms with E-state index in [4.69, 9.17) is 4.98 Å². The highest BCUT2D eigenvalue weighted by Gasteiger charge is 2.18. The number of piperidine rings is 1. The average molecular weight is 299 g/mol. The molecular weight excluding hydrogens is 274 g/mol. The van der Waals surface area contributed by atoms with Crippen LogP contribution in [0.2, 0.25) is 0 Å². The van der Waals surface area contributed by atoms with E-state index in [-0.39, 0.29) is 0 Å². The van der Waals surface area contributed by atoms with Crippen LogP contribution in [-0.4, -0.2) is 54.1 Å². The molecule has 2 saturated heterocycles. The van der Waals surface area contributed by atoms with Gasteiger partial charge in [-0.3, -0.25) is 4.90 Å². The topological polar surface area (TPSA) is 56.0 Å². The van der Waals surface area contributed by atoms with Crippen molar-refractivity contribution in [2.45, 2.75) is 25.3 Å². The summed E-state index contributed by atoms with van der Waals surface area (Å²) in [5.74, 6) is 1.69. The minimum atomic E-state index is 0.540. The van der Waals surface area contributed by atoms with Crippen LogP contribution in [-0.2, 0) is 6.54 Å². The number of nitrogens with one attached hydrogen (secondary N) is 3. The van der Waals surface area contributed by atoms with Gasteiger partial charge < -0.3 is 15.6 Å².